The van der Waals surface area contributed by atoms with Crippen LogP contribution in [0.1, 0.15) is 17.2 Å². The maximum atomic E-state index is 13.8. The van der Waals surface area contributed by atoms with E-state index in [9.17, 15) is 9.50 Å². The molecule has 0 saturated carbocycles. The van der Waals surface area contributed by atoms with Crippen molar-refractivity contribution in [2.75, 3.05) is 0 Å². The largest absolute Gasteiger partial charge is 0.383 e. The Labute approximate surface area is 121 Å². The maximum Gasteiger partial charge on any atom is 0.129 e. The standard InChI is InChI=1S/C14H9BrFNOS/c15-9-1-2-11(16)10(6-9)14(18)8-5-13-12(17-7-8)3-4-19-13/h1-7,14,18H. The molecule has 0 bridgehead atoms. The van der Waals surface area contributed by atoms with Crippen LogP contribution >= 0.6 is 27.3 Å². The summed E-state index contributed by atoms with van der Waals surface area (Å²) in [7, 11) is 0. The molecule has 3 rings (SSSR count). The molecule has 0 saturated heterocycles. The average Bonchev–Trinajstić information content (AvgIpc) is 2.88. The molecular weight excluding hydrogens is 329 g/mol. The summed E-state index contributed by atoms with van der Waals surface area (Å²) in [5, 5.41) is 12.2. The Morgan fingerprint density at radius 2 is 2.11 bits per heavy atom. The number of benzene rings is 1. The Morgan fingerprint density at radius 3 is 2.95 bits per heavy atom. The highest BCUT2D eigenvalue weighted by atomic mass is 79.9. The lowest BCUT2D eigenvalue weighted by Gasteiger charge is -2.12. The van der Waals surface area contributed by atoms with Gasteiger partial charge >= 0.3 is 0 Å². The van der Waals surface area contributed by atoms with Crippen LogP contribution in [0.5, 0.6) is 0 Å². The molecule has 1 aromatic carbocycles. The van der Waals surface area contributed by atoms with Crippen LogP contribution in [0.15, 0.2) is 46.4 Å². The molecule has 1 atom stereocenters. The maximum absolute atomic E-state index is 13.8. The molecule has 0 aliphatic rings. The van der Waals surface area contributed by atoms with Crippen molar-refractivity contribution in [3.8, 4) is 0 Å². The highest BCUT2D eigenvalue weighted by molar-refractivity contribution is 9.10. The van der Waals surface area contributed by atoms with Crippen molar-refractivity contribution in [2.24, 2.45) is 0 Å². The van der Waals surface area contributed by atoms with Gasteiger partial charge in [0.05, 0.1) is 10.2 Å². The molecule has 19 heavy (non-hydrogen) atoms. The molecule has 0 spiro atoms. The minimum Gasteiger partial charge on any atom is -0.383 e. The highest BCUT2D eigenvalue weighted by Crippen LogP contribution is 2.29. The van der Waals surface area contributed by atoms with E-state index < -0.39 is 11.9 Å². The van der Waals surface area contributed by atoms with E-state index in [2.05, 4.69) is 20.9 Å². The fourth-order valence-corrected chi connectivity index (χ4v) is 3.08. The molecule has 0 radical (unpaired) electrons. The molecule has 0 aliphatic heterocycles. The normalized spacial score (nSPS) is 12.8. The first-order chi connectivity index (χ1) is 9.15. The van der Waals surface area contributed by atoms with Gasteiger partial charge in [-0.2, -0.15) is 0 Å². The van der Waals surface area contributed by atoms with Crippen molar-refractivity contribution in [3.05, 3.63) is 63.3 Å². The third-order valence-electron chi connectivity index (χ3n) is 2.89. The van der Waals surface area contributed by atoms with E-state index in [-0.39, 0.29) is 5.56 Å². The number of fused-ring (bicyclic) bond motifs is 1. The number of rotatable bonds is 2. The molecule has 1 unspecified atom stereocenters. The molecule has 3 aromatic rings. The van der Waals surface area contributed by atoms with Gasteiger partial charge in [-0.05, 0) is 35.7 Å². The van der Waals surface area contributed by atoms with Gasteiger partial charge in [-0.3, -0.25) is 4.98 Å². The molecule has 96 valence electrons. The molecule has 0 aliphatic carbocycles. The number of nitrogens with zero attached hydrogens (tertiary/aromatic N) is 1. The summed E-state index contributed by atoms with van der Waals surface area (Å²) < 4.78 is 15.5. The molecule has 1 N–H and O–H groups in total. The number of thiophene rings is 1. The lowest BCUT2D eigenvalue weighted by atomic mass is 10.0. The topological polar surface area (TPSA) is 33.1 Å². The zero-order chi connectivity index (χ0) is 13.4. The van der Waals surface area contributed by atoms with Crippen LogP contribution < -0.4 is 0 Å². The molecule has 0 amide bonds. The predicted octanol–water partition coefficient (Wildman–Crippen LogP) is 4.28. The highest BCUT2D eigenvalue weighted by Gasteiger charge is 2.16. The van der Waals surface area contributed by atoms with Crippen LogP contribution in [0.2, 0.25) is 0 Å². The summed E-state index contributed by atoms with van der Waals surface area (Å²) in [4.78, 5) is 4.26. The first-order valence-corrected chi connectivity index (χ1v) is 7.28. The minimum absolute atomic E-state index is 0.243. The van der Waals surface area contributed by atoms with Gasteiger partial charge in [-0.1, -0.05) is 15.9 Å². The van der Waals surface area contributed by atoms with Crippen LogP contribution in [0.3, 0.4) is 0 Å². The average molecular weight is 338 g/mol. The van der Waals surface area contributed by atoms with Gasteiger partial charge in [0.1, 0.15) is 11.9 Å². The van der Waals surface area contributed by atoms with Crippen LogP contribution in [0, 0.1) is 5.82 Å². The quantitative estimate of drug-likeness (QED) is 0.757. The van der Waals surface area contributed by atoms with Crippen LogP contribution in [-0.4, -0.2) is 10.1 Å². The van der Waals surface area contributed by atoms with Gasteiger partial charge in [-0.25, -0.2) is 4.39 Å². The Hall–Kier alpha value is -1.30. The number of hydrogen-bond donors (Lipinski definition) is 1. The van der Waals surface area contributed by atoms with Crippen molar-refractivity contribution < 1.29 is 9.50 Å². The second-order valence-corrected chi connectivity index (χ2v) is 6.00. The van der Waals surface area contributed by atoms with E-state index in [1.165, 1.54) is 6.07 Å². The van der Waals surface area contributed by atoms with Crippen molar-refractivity contribution in [1.29, 1.82) is 0 Å². The fourth-order valence-electron chi connectivity index (χ4n) is 1.91. The predicted molar refractivity (Wildman–Crippen MR) is 77.8 cm³/mol. The molecular formula is C14H9BrFNOS. The fraction of sp³-hybridized carbons (Fsp3) is 0.0714. The number of aliphatic hydroxyl groups is 1. The van der Waals surface area contributed by atoms with Gasteiger partial charge in [0.2, 0.25) is 0 Å². The van der Waals surface area contributed by atoms with Gasteiger partial charge in [-0.15, -0.1) is 11.3 Å². The summed E-state index contributed by atoms with van der Waals surface area (Å²) in [5.74, 6) is -0.429. The smallest absolute Gasteiger partial charge is 0.129 e. The van der Waals surface area contributed by atoms with Gasteiger partial charge in [0, 0.05) is 21.8 Å². The van der Waals surface area contributed by atoms with E-state index in [4.69, 9.17) is 0 Å². The van der Waals surface area contributed by atoms with Crippen molar-refractivity contribution in [2.45, 2.75) is 6.10 Å². The third kappa shape index (κ3) is 2.41. The number of pyridine rings is 1. The lowest BCUT2D eigenvalue weighted by molar-refractivity contribution is 0.214. The summed E-state index contributed by atoms with van der Waals surface area (Å²) >= 11 is 4.82. The third-order valence-corrected chi connectivity index (χ3v) is 4.24. The molecule has 0 fully saturated rings. The van der Waals surface area contributed by atoms with Gasteiger partial charge in [0.15, 0.2) is 0 Å². The second kappa shape index (κ2) is 5.00. The van der Waals surface area contributed by atoms with Gasteiger partial charge in [0.25, 0.3) is 0 Å². The summed E-state index contributed by atoms with van der Waals surface area (Å²) in [6.45, 7) is 0. The summed E-state index contributed by atoms with van der Waals surface area (Å²) in [5.41, 5.74) is 1.72. The Bertz CT molecular complexity index is 743. The second-order valence-electron chi connectivity index (χ2n) is 4.14. The zero-order valence-electron chi connectivity index (χ0n) is 9.68. The monoisotopic (exact) mass is 337 g/mol. The number of aromatic nitrogens is 1. The van der Waals surface area contributed by atoms with E-state index in [1.807, 2.05) is 17.5 Å². The van der Waals surface area contributed by atoms with Crippen molar-refractivity contribution >= 4 is 37.5 Å². The Morgan fingerprint density at radius 1 is 1.26 bits per heavy atom. The molecule has 2 heterocycles. The van der Waals surface area contributed by atoms with Crippen molar-refractivity contribution in [3.63, 3.8) is 0 Å². The number of hydrogen-bond acceptors (Lipinski definition) is 3. The molecule has 5 heteroatoms. The van der Waals surface area contributed by atoms with Crippen molar-refractivity contribution in [1.82, 2.24) is 4.98 Å². The molecule has 2 nitrogen and oxygen atoms in total. The van der Waals surface area contributed by atoms with Crippen LogP contribution in [0.25, 0.3) is 10.2 Å². The Kier molecular flexibility index (Phi) is 3.35. The van der Waals surface area contributed by atoms with E-state index in [1.54, 1.807) is 29.7 Å². The first-order valence-electron chi connectivity index (χ1n) is 5.61. The van der Waals surface area contributed by atoms with Crippen LogP contribution in [-0.2, 0) is 0 Å². The molecule has 2 aromatic heterocycles. The zero-order valence-corrected chi connectivity index (χ0v) is 12.1. The SMILES string of the molecule is OC(c1cnc2ccsc2c1)c1cc(Br)ccc1F. The summed E-state index contributed by atoms with van der Waals surface area (Å²) in [6, 6.07) is 8.28. The minimum atomic E-state index is -1.02. The van der Waals surface area contributed by atoms with Gasteiger partial charge < -0.3 is 5.11 Å². The van der Waals surface area contributed by atoms with E-state index in [0.29, 0.717) is 5.56 Å². The van der Waals surface area contributed by atoms with E-state index in [0.717, 1.165) is 14.7 Å². The first kappa shape index (κ1) is 12.7. The Balaban J connectivity index is 2.07. The number of halogens is 2. The lowest BCUT2D eigenvalue weighted by Crippen LogP contribution is -2.03. The van der Waals surface area contributed by atoms with Crippen LogP contribution in [0.4, 0.5) is 4.39 Å². The van der Waals surface area contributed by atoms with E-state index >= 15 is 0 Å². The number of aliphatic hydroxyl groups excluding tert-OH is 1. The summed E-state index contributed by atoms with van der Waals surface area (Å²) in [6.07, 6.45) is 0.566.